The quantitative estimate of drug-likeness (QED) is 0.356. The maximum atomic E-state index is 13.0. The van der Waals surface area contributed by atoms with Crippen LogP contribution in [0.15, 0.2) is 89.3 Å². The minimum Gasteiger partial charge on any atom is -0.312 e. The van der Waals surface area contributed by atoms with E-state index in [0.29, 0.717) is 22.6 Å². The number of carbonyl (C=O) groups excluding carboxylic acids is 1. The summed E-state index contributed by atoms with van der Waals surface area (Å²) in [6, 6.07) is 19.1. The molecule has 0 fully saturated rings. The molecule has 34 heavy (non-hydrogen) atoms. The number of anilines is 1. The zero-order valence-corrected chi connectivity index (χ0v) is 20.6. The number of nitrogens with one attached hydrogen (secondary N) is 1. The first-order chi connectivity index (χ1) is 16.3. The van der Waals surface area contributed by atoms with Crippen LogP contribution in [0.2, 0.25) is 0 Å². The van der Waals surface area contributed by atoms with Crippen LogP contribution in [0.1, 0.15) is 28.4 Å². The minimum atomic E-state index is -3.77. The topological polar surface area (TPSA) is 80.5 Å². The van der Waals surface area contributed by atoms with Gasteiger partial charge in [0, 0.05) is 17.8 Å². The number of sulfonamides is 1. The SMILES string of the molecule is C=CCn1c(=NC(=O)c2cccc(NS(=O)(=O)c3ccc(C)cc3)c2)sc2cc(CC)ccc21. The first-order valence-electron chi connectivity index (χ1n) is 10.8. The second-order valence-corrected chi connectivity index (χ2v) is 10.5. The minimum absolute atomic E-state index is 0.154. The van der Waals surface area contributed by atoms with Crippen molar-refractivity contribution in [1.29, 1.82) is 0 Å². The van der Waals surface area contributed by atoms with E-state index in [0.717, 1.165) is 22.2 Å². The van der Waals surface area contributed by atoms with E-state index in [9.17, 15) is 13.2 Å². The Morgan fingerprint density at radius 1 is 1.12 bits per heavy atom. The Labute approximate surface area is 203 Å². The maximum absolute atomic E-state index is 13.0. The summed E-state index contributed by atoms with van der Waals surface area (Å²) in [5.41, 5.74) is 3.76. The van der Waals surface area contributed by atoms with E-state index >= 15 is 0 Å². The lowest BCUT2D eigenvalue weighted by atomic mass is 10.2. The number of nitrogens with zero attached hydrogens (tertiary/aromatic N) is 2. The molecule has 0 unspecified atom stereocenters. The van der Waals surface area contributed by atoms with E-state index in [1.54, 1.807) is 48.5 Å². The summed E-state index contributed by atoms with van der Waals surface area (Å²) >= 11 is 1.45. The molecule has 0 radical (unpaired) electrons. The van der Waals surface area contributed by atoms with Crippen molar-refractivity contribution in [2.45, 2.75) is 31.7 Å². The molecule has 1 aromatic heterocycles. The highest BCUT2D eigenvalue weighted by molar-refractivity contribution is 7.92. The number of aryl methyl sites for hydroxylation is 2. The van der Waals surface area contributed by atoms with Gasteiger partial charge in [-0.3, -0.25) is 9.52 Å². The standard InChI is InChI=1S/C26H25N3O3S2/c1-4-15-29-23-14-11-19(5-2)16-24(23)33-26(29)27-25(30)20-7-6-8-21(17-20)28-34(31,32)22-12-9-18(3)10-13-22/h4,6-14,16-17,28H,1,5,15H2,2-3H3. The Morgan fingerprint density at radius 3 is 2.59 bits per heavy atom. The van der Waals surface area contributed by atoms with Gasteiger partial charge < -0.3 is 4.57 Å². The molecule has 8 heteroatoms. The largest absolute Gasteiger partial charge is 0.312 e. The smallest absolute Gasteiger partial charge is 0.279 e. The van der Waals surface area contributed by atoms with Gasteiger partial charge in [-0.05, 0) is 61.4 Å². The van der Waals surface area contributed by atoms with Crippen LogP contribution in [0.4, 0.5) is 5.69 Å². The second-order valence-electron chi connectivity index (χ2n) is 7.86. The summed E-state index contributed by atoms with van der Waals surface area (Å²) < 4.78 is 31.0. The van der Waals surface area contributed by atoms with Crippen LogP contribution in [0, 0.1) is 6.92 Å². The predicted molar refractivity (Wildman–Crippen MR) is 138 cm³/mol. The Kier molecular flexibility index (Phi) is 6.81. The first kappa shape index (κ1) is 23.7. The maximum Gasteiger partial charge on any atom is 0.279 e. The summed E-state index contributed by atoms with van der Waals surface area (Å²) in [7, 11) is -3.77. The molecule has 0 saturated heterocycles. The fraction of sp³-hybridized carbons (Fsp3) is 0.154. The Morgan fingerprint density at radius 2 is 1.88 bits per heavy atom. The molecule has 1 amide bonds. The van der Waals surface area contributed by atoms with Crippen molar-refractivity contribution >= 4 is 43.2 Å². The molecule has 0 aliphatic heterocycles. The van der Waals surface area contributed by atoms with Crippen LogP contribution < -0.4 is 9.52 Å². The third kappa shape index (κ3) is 5.03. The molecular weight excluding hydrogens is 466 g/mol. The van der Waals surface area contributed by atoms with Crippen molar-refractivity contribution in [3.63, 3.8) is 0 Å². The van der Waals surface area contributed by atoms with Crippen LogP contribution in [-0.4, -0.2) is 18.9 Å². The van der Waals surface area contributed by atoms with Gasteiger partial charge in [-0.15, -0.1) is 6.58 Å². The molecule has 1 heterocycles. The van der Waals surface area contributed by atoms with Gasteiger partial charge in [-0.2, -0.15) is 4.99 Å². The number of allylic oxidation sites excluding steroid dienone is 1. The third-order valence-corrected chi connectivity index (χ3v) is 7.80. The molecule has 4 aromatic rings. The number of benzene rings is 3. The lowest BCUT2D eigenvalue weighted by Gasteiger charge is -2.09. The lowest BCUT2D eigenvalue weighted by molar-refractivity contribution is 0.0998. The molecule has 0 spiro atoms. The van der Waals surface area contributed by atoms with E-state index in [1.165, 1.54) is 23.0 Å². The number of amides is 1. The van der Waals surface area contributed by atoms with Crippen LogP contribution in [0.25, 0.3) is 10.2 Å². The highest BCUT2D eigenvalue weighted by Crippen LogP contribution is 2.21. The molecule has 0 saturated carbocycles. The van der Waals surface area contributed by atoms with Crippen molar-refractivity contribution < 1.29 is 13.2 Å². The van der Waals surface area contributed by atoms with Gasteiger partial charge in [0.25, 0.3) is 15.9 Å². The van der Waals surface area contributed by atoms with E-state index in [2.05, 4.69) is 35.3 Å². The first-order valence-corrected chi connectivity index (χ1v) is 13.1. The van der Waals surface area contributed by atoms with Gasteiger partial charge >= 0.3 is 0 Å². The van der Waals surface area contributed by atoms with Crippen molar-refractivity contribution in [3.05, 3.63) is 101 Å². The summed E-state index contributed by atoms with van der Waals surface area (Å²) in [4.78, 5) is 18.1. The van der Waals surface area contributed by atoms with Gasteiger partial charge in [0.15, 0.2) is 4.80 Å². The molecule has 0 aliphatic carbocycles. The highest BCUT2D eigenvalue weighted by atomic mass is 32.2. The number of fused-ring (bicyclic) bond motifs is 1. The summed E-state index contributed by atoms with van der Waals surface area (Å²) in [6.07, 6.45) is 2.69. The van der Waals surface area contributed by atoms with Crippen LogP contribution in [0.5, 0.6) is 0 Å². The lowest BCUT2D eigenvalue weighted by Crippen LogP contribution is -2.16. The van der Waals surface area contributed by atoms with Gasteiger partial charge in [0.1, 0.15) is 0 Å². The average Bonchev–Trinajstić information content (AvgIpc) is 3.15. The van der Waals surface area contributed by atoms with Crippen molar-refractivity contribution in [2.75, 3.05) is 4.72 Å². The molecule has 3 aromatic carbocycles. The summed E-state index contributed by atoms with van der Waals surface area (Å²) in [6.45, 7) is 8.33. The third-order valence-electron chi connectivity index (χ3n) is 5.36. The average molecular weight is 492 g/mol. The van der Waals surface area contributed by atoms with Crippen molar-refractivity contribution in [3.8, 4) is 0 Å². The molecule has 4 rings (SSSR count). The Bertz CT molecular complexity index is 1550. The van der Waals surface area contributed by atoms with E-state index in [1.807, 2.05) is 17.6 Å². The summed E-state index contributed by atoms with van der Waals surface area (Å²) in [5.74, 6) is -0.448. The van der Waals surface area contributed by atoms with Crippen LogP contribution in [-0.2, 0) is 23.0 Å². The number of rotatable bonds is 7. The highest BCUT2D eigenvalue weighted by Gasteiger charge is 2.15. The van der Waals surface area contributed by atoms with Gasteiger partial charge in [-0.1, -0.05) is 54.2 Å². The molecule has 0 atom stereocenters. The molecule has 174 valence electrons. The van der Waals surface area contributed by atoms with Gasteiger partial charge in [-0.25, -0.2) is 8.42 Å². The van der Waals surface area contributed by atoms with Gasteiger partial charge in [0.2, 0.25) is 0 Å². The number of hydrogen-bond donors (Lipinski definition) is 1. The van der Waals surface area contributed by atoms with Crippen molar-refractivity contribution in [1.82, 2.24) is 4.57 Å². The van der Waals surface area contributed by atoms with E-state index < -0.39 is 15.9 Å². The van der Waals surface area contributed by atoms with E-state index in [4.69, 9.17) is 0 Å². The number of thiazole rings is 1. The second kappa shape index (κ2) is 9.79. The normalized spacial score (nSPS) is 12.1. The van der Waals surface area contributed by atoms with Crippen LogP contribution in [0.3, 0.4) is 0 Å². The predicted octanol–water partition coefficient (Wildman–Crippen LogP) is 5.30. The number of aromatic nitrogens is 1. The molecular formula is C26H25N3O3S2. The zero-order valence-electron chi connectivity index (χ0n) is 19.0. The molecule has 6 nitrogen and oxygen atoms in total. The fourth-order valence-corrected chi connectivity index (χ4v) is 5.68. The van der Waals surface area contributed by atoms with Crippen LogP contribution >= 0.6 is 11.3 Å². The number of carbonyl (C=O) groups is 1. The zero-order chi connectivity index (χ0) is 24.3. The summed E-state index contributed by atoms with van der Waals surface area (Å²) in [5, 5.41) is 0. The Hall–Kier alpha value is -3.49. The monoisotopic (exact) mass is 491 g/mol. The Balaban J connectivity index is 1.67. The molecule has 1 N–H and O–H groups in total. The van der Waals surface area contributed by atoms with E-state index in [-0.39, 0.29) is 4.90 Å². The molecule has 0 bridgehead atoms. The fourth-order valence-electron chi connectivity index (χ4n) is 3.53. The number of hydrogen-bond acceptors (Lipinski definition) is 4. The van der Waals surface area contributed by atoms with Gasteiger partial charge in [0.05, 0.1) is 15.1 Å². The van der Waals surface area contributed by atoms with Crippen molar-refractivity contribution in [2.24, 2.45) is 4.99 Å². The molecule has 0 aliphatic rings.